The van der Waals surface area contributed by atoms with Crippen LogP contribution < -0.4 is 9.47 Å². The average Bonchev–Trinajstić information content (AvgIpc) is 2.59. The molecule has 1 aromatic carbocycles. The van der Waals surface area contributed by atoms with Gasteiger partial charge in [0.2, 0.25) is 0 Å². The molecule has 0 amide bonds. The van der Waals surface area contributed by atoms with Crippen LogP contribution in [0.1, 0.15) is 19.3 Å². The first-order valence-corrected chi connectivity index (χ1v) is 8.49. The Hall–Kier alpha value is -1.50. The number of likely N-dealkylation sites (tertiary alicyclic amines) is 1. The van der Waals surface area contributed by atoms with Crippen LogP contribution >= 0.6 is 12.4 Å². The SMILES string of the molecule is COc1ccc(OCCCN2CCC(N(C)CC(=O)O)CC2)cc1.Cl. The molecule has 0 saturated carbocycles. The first-order chi connectivity index (χ1) is 11.6. The molecule has 1 aliphatic rings. The number of piperidine rings is 1. The van der Waals surface area contributed by atoms with Crippen LogP contribution in [0.5, 0.6) is 11.5 Å². The number of aliphatic carboxylic acids is 1. The zero-order valence-electron chi connectivity index (χ0n) is 15.0. The molecule has 1 saturated heterocycles. The summed E-state index contributed by atoms with van der Waals surface area (Å²) in [6.07, 6.45) is 3.05. The molecule has 7 heteroatoms. The number of carboxylic acid groups (broad SMARTS) is 1. The lowest BCUT2D eigenvalue weighted by Gasteiger charge is -2.36. The van der Waals surface area contributed by atoms with Gasteiger partial charge in [-0.3, -0.25) is 9.69 Å². The van der Waals surface area contributed by atoms with Crippen molar-refractivity contribution < 1.29 is 19.4 Å². The van der Waals surface area contributed by atoms with Crippen LogP contribution in [0.4, 0.5) is 0 Å². The summed E-state index contributed by atoms with van der Waals surface area (Å²) >= 11 is 0. The van der Waals surface area contributed by atoms with Crippen molar-refractivity contribution in [3.8, 4) is 11.5 Å². The van der Waals surface area contributed by atoms with Gasteiger partial charge in [0, 0.05) is 12.6 Å². The largest absolute Gasteiger partial charge is 0.497 e. The summed E-state index contributed by atoms with van der Waals surface area (Å²) in [5, 5.41) is 8.86. The lowest BCUT2D eigenvalue weighted by molar-refractivity contribution is -0.138. The third-order valence-corrected chi connectivity index (χ3v) is 4.51. The molecule has 6 nitrogen and oxygen atoms in total. The number of ether oxygens (including phenoxy) is 2. The van der Waals surface area contributed by atoms with Crippen LogP contribution in [0.15, 0.2) is 24.3 Å². The topological polar surface area (TPSA) is 62.2 Å². The van der Waals surface area contributed by atoms with Gasteiger partial charge in [0.25, 0.3) is 0 Å². The maximum atomic E-state index is 10.8. The van der Waals surface area contributed by atoms with Crippen LogP contribution in [0.3, 0.4) is 0 Å². The maximum absolute atomic E-state index is 10.8. The van der Waals surface area contributed by atoms with Gasteiger partial charge in [0.1, 0.15) is 11.5 Å². The Balaban J connectivity index is 0.00000312. The zero-order chi connectivity index (χ0) is 17.4. The minimum absolute atomic E-state index is 0. The fraction of sp³-hybridized carbons (Fsp3) is 0.611. The number of halogens is 1. The summed E-state index contributed by atoms with van der Waals surface area (Å²) in [5.41, 5.74) is 0. The Morgan fingerprint density at radius 1 is 1.24 bits per heavy atom. The van der Waals surface area contributed by atoms with Gasteiger partial charge in [-0.25, -0.2) is 0 Å². The Bertz CT molecular complexity index is 504. The van der Waals surface area contributed by atoms with E-state index >= 15 is 0 Å². The first-order valence-electron chi connectivity index (χ1n) is 8.49. The van der Waals surface area contributed by atoms with Crippen molar-refractivity contribution in [3.63, 3.8) is 0 Å². The highest BCUT2D eigenvalue weighted by Gasteiger charge is 2.23. The minimum atomic E-state index is -0.754. The summed E-state index contributed by atoms with van der Waals surface area (Å²) < 4.78 is 10.9. The van der Waals surface area contributed by atoms with E-state index in [1.54, 1.807) is 7.11 Å². The van der Waals surface area contributed by atoms with E-state index < -0.39 is 5.97 Å². The number of hydrogen-bond acceptors (Lipinski definition) is 5. The second kappa shape index (κ2) is 11.2. The van der Waals surface area contributed by atoms with Gasteiger partial charge >= 0.3 is 5.97 Å². The molecule has 0 bridgehead atoms. The number of nitrogens with zero attached hydrogens (tertiary/aromatic N) is 2. The zero-order valence-corrected chi connectivity index (χ0v) is 15.8. The molecule has 1 N–H and O–H groups in total. The molecule has 2 rings (SSSR count). The highest BCUT2D eigenvalue weighted by Crippen LogP contribution is 2.18. The van der Waals surface area contributed by atoms with Crippen LogP contribution in [-0.4, -0.2) is 73.9 Å². The van der Waals surface area contributed by atoms with Crippen LogP contribution in [0.2, 0.25) is 0 Å². The van der Waals surface area contributed by atoms with Crippen molar-refractivity contribution in [2.45, 2.75) is 25.3 Å². The first kappa shape index (κ1) is 21.5. The van der Waals surface area contributed by atoms with E-state index in [4.69, 9.17) is 14.6 Å². The predicted octanol–water partition coefficient (Wildman–Crippen LogP) is 2.37. The van der Waals surface area contributed by atoms with Gasteiger partial charge in [-0.15, -0.1) is 12.4 Å². The van der Waals surface area contributed by atoms with Gasteiger partial charge in [-0.2, -0.15) is 0 Å². The molecule has 1 heterocycles. The average molecular weight is 373 g/mol. The van der Waals surface area contributed by atoms with Crippen LogP contribution in [0.25, 0.3) is 0 Å². The molecule has 0 aromatic heterocycles. The van der Waals surface area contributed by atoms with Crippen LogP contribution in [-0.2, 0) is 4.79 Å². The molecule has 0 spiro atoms. The fourth-order valence-electron chi connectivity index (χ4n) is 3.08. The molecule has 0 aliphatic carbocycles. The normalized spacial score (nSPS) is 15.6. The number of rotatable bonds is 9. The monoisotopic (exact) mass is 372 g/mol. The molecule has 0 unspecified atom stereocenters. The van der Waals surface area contributed by atoms with Crippen molar-refractivity contribution >= 4 is 18.4 Å². The molecular weight excluding hydrogens is 344 g/mol. The van der Waals surface area contributed by atoms with Gasteiger partial charge < -0.3 is 19.5 Å². The highest BCUT2D eigenvalue weighted by atomic mass is 35.5. The Kier molecular flexibility index (Phi) is 9.63. The molecule has 1 aliphatic heterocycles. The van der Waals surface area contributed by atoms with Gasteiger partial charge in [0.15, 0.2) is 0 Å². The van der Waals surface area contributed by atoms with E-state index in [-0.39, 0.29) is 19.0 Å². The minimum Gasteiger partial charge on any atom is -0.497 e. The number of likely N-dealkylation sites (N-methyl/N-ethyl adjacent to an activating group) is 1. The Morgan fingerprint density at radius 2 is 1.84 bits per heavy atom. The summed E-state index contributed by atoms with van der Waals surface area (Å²) in [6, 6.07) is 8.01. The maximum Gasteiger partial charge on any atom is 0.317 e. The van der Waals surface area contributed by atoms with Gasteiger partial charge in [0.05, 0.1) is 20.3 Å². The number of carbonyl (C=O) groups is 1. The van der Waals surface area contributed by atoms with Gasteiger partial charge in [-0.1, -0.05) is 0 Å². The molecule has 142 valence electrons. The molecule has 25 heavy (non-hydrogen) atoms. The Morgan fingerprint density at radius 3 is 2.40 bits per heavy atom. The molecule has 1 fully saturated rings. The van der Waals surface area contributed by atoms with Crippen molar-refractivity contribution in [3.05, 3.63) is 24.3 Å². The second-order valence-electron chi connectivity index (χ2n) is 6.26. The molecule has 0 radical (unpaired) electrons. The van der Waals surface area contributed by atoms with E-state index in [0.29, 0.717) is 12.6 Å². The standard InChI is InChI=1S/C18H28N2O4.ClH/c1-19(14-18(21)22)15-8-11-20(12-9-15)10-3-13-24-17-6-4-16(23-2)5-7-17;/h4-7,15H,3,8-14H2,1-2H3,(H,21,22);1H. The smallest absolute Gasteiger partial charge is 0.317 e. The summed E-state index contributed by atoms with van der Waals surface area (Å²) in [6.45, 7) is 3.89. The third kappa shape index (κ3) is 7.50. The lowest BCUT2D eigenvalue weighted by Crippen LogP contribution is -2.45. The summed E-state index contributed by atoms with van der Waals surface area (Å²) in [7, 11) is 3.55. The third-order valence-electron chi connectivity index (χ3n) is 4.51. The predicted molar refractivity (Wildman–Crippen MR) is 100 cm³/mol. The van der Waals surface area contributed by atoms with E-state index in [9.17, 15) is 4.79 Å². The Labute approximate surface area is 156 Å². The van der Waals surface area contributed by atoms with E-state index in [1.807, 2.05) is 36.2 Å². The van der Waals surface area contributed by atoms with Crippen LogP contribution in [0, 0.1) is 0 Å². The lowest BCUT2D eigenvalue weighted by atomic mass is 10.0. The number of benzene rings is 1. The molecular formula is C18H29ClN2O4. The second-order valence-corrected chi connectivity index (χ2v) is 6.26. The molecule has 1 aromatic rings. The van der Waals surface area contributed by atoms with Crippen molar-refractivity contribution in [2.24, 2.45) is 0 Å². The number of carboxylic acids is 1. The van der Waals surface area contributed by atoms with E-state index in [1.165, 1.54) is 0 Å². The van der Waals surface area contributed by atoms with E-state index in [0.717, 1.165) is 50.4 Å². The summed E-state index contributed by atoms with van der Waals surface area (Å²) in [4.78, 5) is 15.2. The van der Waals surface area contributed by atoms with Crippen molar-refractivity contribution in [1.82, 2.24) is 9.80 Å². The molecule has 0 atom stereocenters. The fourth-order valence-corrected chi connectivity index (χ4v) is 3.08. The van der Waals surface area contributed by atoms with E-state index in [2.05, 4.69) is 4.90 Å². The quantitative estimate of drug-likeness (QED) is 0.671. The van der Waals surface area contributed by atoms with Crippen molar-refractivity contribution in [1.29, 1.82) is 0 Å². The number of hydrogen-bond donors (Lipinski definition) is 1. The summed E-state index contributed by atoms with van der Waals surface area (Å²) in [5.74, 6) is 0.943. The van der Waals surface area contributed by atoms with Gasteiger partial charge in [-0.05, 0) is 63.7 Å². The van der Waals surface area contributed by atoms with Crippen molar-refractivity contribution in [2.75, 3.05) is 46.9 Å². The highest BCUT2D eigenvalue weighted by molar-refractivity contribution is 5.85. The number of methoxy groups -OCH3 is 1.